The van der Waals surface area contributed by atoms with Crippen LogP contribution in [0.15, 0.2) is 24.5 Å². The zero-order chi connectivity index (χ0) is 14.3. The van der Waals surface area contributed by atoms with Gasteiger partial charge in [0, 0.05) is 18.0 Å². The van der Waals surface area contributed by atoms with Crippen molar-refractivity contribution >= 4 is 11.9 Å². The van der Waals surface area contributed by atoms with Gasteiger partial charge in [0.1, 0.15) is 6.61 Å². The molecule has 104 valence electrons. The fourth-order valence-corrected chi connectivity index (χ4v) is 1.42. The highest BCUT2D eigenvalue weighted by molar-refractivity contribution is 5.93. The lowest BCUT2D eigenvalue weighted by molar-refractivity contribution is -0.145. The van der Waals surface area contributed by atoms with E-state index < -0.39 is 0 Å². The van der Waals surface area contributed by atoms with E-state index in [2.05, 4.69) is 10.3 Å². The van der Waals surface area contributed by atoms with Crippen LogP contribution in [0.5, 0.6) is 0 Å². The molecule has 1 rings (SSSR count). The molecule has 0 saturated heterocycles. The van der Waals surface area contributed by atoms with Crippen LogP contribution in [0.3, 0.4) is 0 Å². The molecular formula is C14H20N2O3. The first-order valence-corrected chi connectivity index (χ1v) is 6.22. The molecule has 0 radical (unpaired) electrons. The molecule has 0 fully saturated rings. The standard InChI is InChI=1S/C14H20N2O3/c1-14(2,3)10-12(17)19-9-8-16-13(18)11-4-6-15-7-5-11/h4-7H,8-10H2,1-3H3,(H,16,18). The van der Waals surface area contributed by atoms with Crippen LogP contribution in [0, 0.1) is 5.41 Å². The van der Waals surface area contributed by atoms with Crippen molar-refractivity contribution in [3.8, 4) is 0 Å². The van der Waals surface area contributed by atoms with E-state index in [4.69, 9.17) is 4.74 Å². The van der Waals surface area contributed by atoms with Gasteiger partial charge in [0.25, 0.3) is 5.91 Å². The van der Waals surface area contributed by atoms with Crippen molar-refractivity contribution in [2.75, 3.05) is 13.2 Å². The van der Waals surface area contributed by atoms with Gasteiger partial charge in [-0.3, -0.25) is 14.6 Å². The number of amides is 1. The van der Waals surface area contributed by atoms with Gasteiger partial charge in [-0.2, -0.15) is 0 Å². The van der Waals surface area contributed by atoms with Crippen LogP contribution >= 0.6 is 0 Å². The summed E-state index contributed by atoms with van der Waals surface area (Å²) in [6.45, 7) is 6.40. The zero-order valence-electron chi connectivity index (χ0n) is 11.6. The van der Waals surface area contributed by atoms with Crippen molar-refractivity contribution in [2.45, 2.75) is 27.2 Å². The van der Waals surface area contributed by atoms with Gasteiger partial charge in [-0.15, -0.1) is 0 Å². The van der Waals surface area contributed by atoms with Crippen LogP contribution in [0.1, 0.15) is 37.6 Å². The Labute approximate surface area is 113 Å². The quantitative estimate of drug-likeness (QED) is 0.650. The van der Waals surface area contributed by atoms with Crippen molar-refractivity contribution < 1.29 is 14.3 Å². The number of esters is 1. The monoisotopic (exact) mass is 264 g/mol. The van der Waals surface area contributed by atoms with Crippen LogP contribution < -0.4 is 5.32 Å². The summed E-state index contributed by atoms with van der Waals surface area (Å²) in [6, 6.07) is 3.25. The molecule has 0 aromatic carbocycles. The van der Waals surface area contributed by atoms with Crippen molar-refractivity contribution in [1.82, 2.24) is 10.3 Å². The number of hydrogen-bond donors (Lipinski definition) is 1. The number of aromatic nitrogens is 1. The predicted octanol–water partition coefficient (Wildman–Crippen LogP) is 1.79. The molecule has 0 unspecified atom stereocenters. The molecule has 0 spiro atoms. The molecular weight excluding hydrogens is 244 g/mol. The van der Waals surface area contributed by atoms with Gasteiger partial charge >= 0.3 is 5.97 Å². The average molecular weight is 264 g/mol. The Kier molecular flexibility index (Phi) is 5.48. The summed E-state index contributed by atoms with van der Waals surface area (Å²) in [5.41, 5.74) is 0.452. The molecule has 1 aromatic rings. The van der Waals surface area contributed by atoms with E-state index in [-0.39, 0.29) is 23.9 Å². The summed E-state index contributed by atoms with van der Waals surface area (Å²) in [7, 11) is 0. The Hall–Kier alpha value is -1.91. The second-order valence-electron chi connectivity index (χ2n) is 5.45. The summed E-state index contributed by atoms with van der Waals surface area (Å²) in [5, 5.41) is 2.67. The number of ether oxygens (including phenoxy) is 1. The third-order valence-electron chi connectivity index (χ3n) is 2.27. The maximum absolute atomic E-state index is 11.6. The molecule has 1 N–H and O–H groups in total. The molecule has 1 heterocycles. The first kappa shape index (κ1) is 15.1. The number of hydrogen-bond acceptors (Lipinski definition) is 4. The minimum atomic E-state index is -0.245. The molecule has 0 aliphatic heterocycles. The van der Waals surface area contributed by atoms with E-state index >= 15 is 0 Å². The van der Waals surface area contributed by atoms with Gasteiger partial charge in [-0.1, -0.05) is 20.8 Å². The molecule has 1 amide bonds. The van der Waals surface area contributed by atoms with Crippen LogP contribution in [0.2, 0.25) is 0 Å². The first-order valence-electron chi connectivity index (χ1n) is 6.22. The van der Waals surface area contributed by atoms with Crippen molar-refractivity contribution in [2.24, 2.45) is 5.41 Å². The second-order valence-corrected chi connectivity index (χ2v) is 5.45. The Morgan fingerprint density at radius 3 is 2.47 bits per heavy atom. The molecule has 0 aliphatic rings. The van der Waals surface area contributed by atoms with E-state index in [1.165, 1.54) is 0 Å². The molecule has 5 heteroatoms. The number of carbonyl (C=O) groups excluding carboxylic acids is 2. The van der Waals surface area contributed by atoms with Crippen molar-refractivity contribution in [3.05, 3.63) is 30.1 Å². The third kappa shape index (κ3) is 6.55. The smallest absolute Gasteiger partial charge is 0.306 e. The lowest BCUT2D eigenvalue weighted by Crippen LogP contribution is -2.28. The number of nitrogens with zero attached hydrogens (tertiary/aromatic N) is 1. The van der Waals surface area contributed by atoms with Crippen LogP contribution in [-0.4, -0.2) is 30.0 Å². The predicted molar refractivity (Wildman–Crippen MR) is 71.6 cm³/mol. The maximum atomic E-state index is 11.6. The second kappa shape index (κ2) is 6.87. The van der Waals surface area contributed by atoms with Gasteiger partial charge in [-0.25, -0.2) is 0 Å². The zero-order valence-corrected chi connectivity index (χ0v) is 11.6. The van der Waals surface area contributed by atoms with Gasteiger partial charge in [0.05, 0.1) is 13.0 Å². The lowest BCUT2D eigenvalue weighted by atomic mass is 9.93. The molecule has 0 aliphatic carbocycles. The lowest BCUT2D eigenvalue weighted by Gasteiger charge is -2.16. The number of nitrogens with one attached hydrogen (secondary N) is 1. The van der Waals surface area contributed by atoms with E-state index in [1.54, 1.807) is 24.5 Å². The summed E-state index contributed by atoms with van der Waals surface area (Å²) in [5.74, 6) is -0.445. The summed E-state index contributed by atoms with van der Waals surface area (Å²) in [4.78, 5) is 26.9. The SMILES string of the molecule is CC(C)(C)CC(=O)OCCNC(=O)c1ccncc1. The molecule has 5 nitrogen and oxygen atoms in total. The fourth-order valence-electron chi connectivity index (χ4n) is 1.42. The van der Waals surface area contributed by atoms with Crippen LogP contribution in [0.25, 0.3) is 0 Å². The van der Waals surface area contributed by atoms with Gasteiger partial charge in [0.2, 0.25) is 0 Å². The number of pyridine rings is 1. The third-order valence-corrected chi connectivity index (χ3v) is 2.27. The fraction of sp³-hybridized carbons (Fsp3) is 0.500. The first-order chi connectivity index (χ1) is 8.88. The molecule has 1 aromatic heterocycles. The molecule has 19 heavy (non-hydrogen) atoms. The van der Waals surface area contributed by atoms with Gasteiger partial charge < -0.3 is 10.1 Å². The van der Waals surface area contributed by atoms with Crippen LogP contribution in [0.4, 0.5) is 0 Å². The topological polar surface area (TPSA) is 68.3 Å². The van der Waals surface area contributed by atoms with Crippen molar-refractivity contribution in [3.63, 3.8) is 0 Å². The Bertz CT molecular complexity index is 424. The minimum Gasteiger partial charge on any atom is -0.464 e. The molecule has 0 atom stereocenters. The van der Waals surface area contributed by atoms with E-state index in [0.717, 1.165) is 0 Å². The average Bonchev–Trinajstić information content (AvgIpc) is 2.33. The van der Waals surface area contributed by atoms with Crippen molar-refractivity contribution in [1.29, 1.82) is 0 Å². The van der Waals surface area contributed by atoms with E-state index in [1.807, 2.05) is 20.8 Å². The highest BCUT2D eigenvalue weighted by atomic mass is 16.5. The van der Waals surface area contributed by atoms with Gasteiger partial charge in [-0.05, 0) is 17.5 Å². The summed E-state index contributed by atoms with van der Waals surface area (Å²) < 4.78 is 5.04. The molecule has 0 saturated carbocycles. The van der Waals surface area contributed by atoms with Gasteiger partial charge in [0.15, 0.2) is 0 Å². The summed E-state index contributed by atoms with van der Waals surface area (Å²) in [6.07, 6.45) is 3.47. The Morgan fingerprint density at radius 1 is 1.26 bits per heavy atom. The normalized spacial score (nSPS) is 10.9. The number of rotatable bonds is 5. The van der Waals surface area contributed by atoms with Crippen LogP contribution in [-0.2, 0) is 9.53 Å². The highest BCUT2D eigenvalue weighted by Crippen LogP contribution is 2.18. The highest BCUT2D eigenvalue weighted by Gasteiger charge is 2.16. The van der Waals surface area contributed by atoms with E-state index in [0.29, 0.717) is 18.5 Å². The Balaban J connectivity index is 2.21. The maximum Gasteiger partial charge on any atom is 0.306 e. The molecule has 0 bridgehead atoms. The number of carbonyl (C=O) groups is 2. The minimum absolute atomic E-state index is 0.0859. The summed E-state index contributed by atoms with van der Waals surface area (Å²) >= 11 is 0. The largest absolute Gasteiger partial charge is 0.464 e. The Morgan fingerprint density at radius 2 is 1.89 bits per heavy atom. The van der Waals surface area contributed by atoms with E-state index in [9.17, 15) is 9.59 Å².